The Labute approximate surface area is 173 Å². The minimum Gasteiger partial charge on any atom is -0.349 e. The summed E-state index contributed by atoms with van der Waals surface area (Å²) in [6.45, 7) is 5.37. The van der Waals surface area contributed by atoms with Crippen LogP contribution in [0.1, 0.15) is 32.3 Å². The van der Waals surface area contributed by atoms with Crippen LogP contribution in [0.25, 0.3) is 16.9 Å². The molecule has 0 aliphatic carbocycles. The molecule has 2 N–H and O–H groups in total. The lowest BCUT2D eigenvalue weighted by atomic mass is 10.1. The number of likely N-dealkylation sites (N-methyl/N-ethyl adjacent to an activating group) is 1. The molecule has 1 amide bonds. The van der Waals surface area contributed by atoms with Gasteiger partial charge in [0.15, 0.2) is 6.54 Å². The molecular weight excluding hydrogens is 360 g/mol. The minimum atomic E-state index is 0.0974. The molecule has 3 rings (SSSR count). The lowest BCUT2D eigenvalue weighted by molar-refractivity contribution is -0.885. The second-order valence-electron chi connectivity index (χ2n) is 7.72. The molecule has 0 spiro atoms. The SMILES string of the molecule is CCC[C@@H](C)NC(=O)C[NH+](C)Cc1cn(-c2ccccc2)nc1-c1ccccc1. The molecule has 5 heteroatoms. The van der Waals surface area contributed by atoms with Gasteiger partial charge in [-0.1, -0.05) is 61.9 Å². The Morgan fingerprint density at radius 2 is 1.76 bits per heavy atom. The van der Waals surface area contributed by atoms with Crippen LogP contribution in [0.2, 0.25) is 0 Å². The van der Waals surface area contributed by atoms with E-state index in [0.29, 0.717) is 6.54 Å². The Balaban J connectivity index is 1.78. The largest absolute Gasteiger partial charge is 0.349 e. The molecule has 2 aromatic carbocycles. The van der Waals surface area contributed by atoms with Crippen molar-refractivity contribution in [3.05, 3.63) is 72.4 Å². The van der Waals surface area contributed by atoms with Gasteiger partial charge in [-0.3, -0.25) is 4.79 Å². The minimum absolute atomic E-state index is 0.0974. The molecule has 3 aromatic rings. The molecule has 0 aliphatic rings. The van der Waals surface area contributed by atoms with E-state index in [4.69, 9.17) is 5.10 Å². The number of aromatic nitrogens is 2. The van der Waals surface area contributed by atoms with Crippen molar-refractivity contribution in [3.8, 4) is 16.9 Å². The first-order valence-electron chi connectivity index (χ1n) is 10.4. The number of nitrogens with zero attached hydrogens (tertiary/aromatic N) is 2. The summed E-state index contributed by atoms with van der Waals surface area (Å²) in [4.78, 5) is 13.5. The summed E-state index contributed by atoms with van der Waals surface area (Å²) < 4.78 is 1.92. The molecule has 0 saturated heterocycles. The number of para-hydroxylation sites is 1. The predicted octanol–water partition coefficient (Wildman–Crippen LogP) is 2.86. The van der Waals surface area contributed by atoms with Crippen molar-refractivity contribution < 1.29 is 9.69 Å². The normalized spacial score (nSPS) is 13.1. The molecule has 0 bridgehead atoms. The lowest BCUT2D eigenvalue weighted by Gasteiger charge is -2.16. The van der Waals surface area contributed by atoms with Crippen LogP contribution in [-0.2, 0) is 11.3 Å². The van der Waals surface area contributed by atoms with Crippen LogP contribution in [0.4, 0.5) is 0 Å². The highest BCUT2D eigenvalue weighted by molar-refractivity contribution is 5.77. The zero-order valence-electron chi connectivity index (χ0n) is 17.6. The maximum Gasteiger partial charge on any atom is 0.275 e. The van der Waals surface area contributed by atoms with Gasteiger partial charge in [-0.05, 0) is 25.5 Å². The molecule has 1 heterocycles. The number of benzene rings is 2. The number of amides is 1. The fourth-order valence-corrected chi connectivity index (χ4v) is 3.58. The maximum atomic E-state index is 12.4. The first-order chi connectivity index (χ1) is 14.1. The van der Waals surface area contributed by atoms with Gasteiger partial charge in [-0.2, -0.15) is 5.10 Å². The van der Waals surface area contributed by atoms with Crippen molar-refractivity contribution in [1.82, 2.24) is 15.1 Å². The van der Waals surface area contributed by atoms with Crippen LogP contribution in [0.5, 0.6) is 0 Å². The third-order valence-corrected chi connectivity index (χ3v) is 4.94. The quantitative estimate of drug-likeness (QED) is 0.589. The Morgan fingerprint density at radius 1 is 1.10 bits per heavy atom. The van der Waals surface area contributed by atoms with Crippen molar-refractivity contribution in [1.29, 1.82) is 0 Å². The summed E-state index contributed by atoms with van der Waals surface area (Å²) in [5, 5.41) is 7.95. The molecular formula is C24H31N4O+. The van der Waals surface area contributed by atoms with Crippen molar-refractivity contribution in [2.75, 3.05) is 13.6 Å². The van der Waals surface area contributed by atoms with E-state index in [0.717, 1.165) is 46.8 Å². The Kier molecular flexibility index (Phi) is 7.19. The van der Waals surface area contributed by atoms with E-state index in [-0.39, 0.29) is 11.9 Å². The molecule has 2 atom stereocenters. The van der Waals surface area contributed by atoms with Gasteiger partial charge < -0.3 is 10.2 Å². The third kappa shape index (κ3) is 5.78. The average Bonchev–Trinajstić information content (AvgIpc) is 3.13. The van der Waals surface area contributed by atoms with Crippen LogP contribution < -0.4 is 10.2 Å². The molecule has 0 fully saturated rings. The molecule has 1 unspecified atom stereocenters. The number of carbonyl (C=O) groups excluding carboxylic acids is 1. The van der Waals surface area contributed by atoms with E-state index in [2.05, 4.69) is 44.5 Å². The number of nitrogens with one attached hydrogen (secondary N) is 2. The highest BCUT2D eigenvalue weighted by atomic mass is 16.2. The Morgan fingerprint density at radius 3 is 2.41 bits per heavy atom. The van der Waals surface area contributed by atoms with E-state index in [9.17, 15) is 4.79 Å². The molecule has 0 aliphatic heterocycles. The van der Waals surface area contributed by atoms with Gasteiger partial charge >= 0.3 is 0 Å². The Bertz CT molecular complexity index is 905. The standard InChI is InChI=1S/C24H30N4O/c1-4-11-19(2)25-23(29)18-27(3)16-21-17-28(22-14-9-6-10-15-22)26-24(21)20-12-7-5-8-13-20/h5-10,12-15,17,19H,4,11,16,18H2,1-3H3,(H,25,29)/p+1/t19-/m1/s1. The number of hydrogen-bond donors (Lipinski definition) is 2. The van der Waals surface area contributed by atoms with E-state index >= 15 is 0 Å². The number of carbonyl (C=O) groups is 1. The van der Waals surface area contributed by atoms with Crippen LogP contribution in [-0.4, -0.2) is 35.3 Å². The third-order valence-electron chi connectivity index (χ3n) is 4.94. The van der Waals surface area contributed by atoms with Gasteiger partial charge in [-0.25, -0.2) is 4.68 Å². The molecule has 0 radical (unpaired) electrons. The fraction of sp³-hybridized carbons (Fsp3) is 0.333. The van der Waals surface area contributed by atoms with Crippen molar-refractivity contribution >= 4 is 5.91 Å². The first kappa shape index (κ1) is 20.8. The molecule has 152 valence electrons. The van der Waals surface area contributed by atoms with Crippen LogP contribution in [0.3, 0.4) is 0 Å². The topological polar surface area (TPSA) is 51.4 Å². The average molecular weight is 392 g/mol. The van der Waals surface area contributed by atoms with E-state index in [1.807, 2.05) is 53.2 Å². The monoisotopic (exact) mass is 391 g/mol. The Hall–Kier alpha value is -2.92. The summed E-state index contributed by atoms with van der Waals surface area (Å²) in [5.74, 6) is 0.0974. The van der Waals surface area contributed by atoms with Gasteiger partial charge in [0.1, 0.15) is 12.2 Å². The maximum absolute atomic E-state index is 12.4. The summed E-state index contributed by atoms with van der Waals surface area (Å²) >= 11 is 0. The summed E-state index contributed by atoms with van der Waals surface area (Å²) in [7, 11) is 2.05. The second-order valence-corrected chi connectivity index (χ2v) is 7.72. The van der Waals surface area contributed by atoms with Crippen molar-refractivity contribution in [2.45, 2.75) is 39.3 Å². The zero-order chi connectivity index (χ0) is 20.6. The van der Waals surface area contributed by atoms with Gasteiger partial charge in [0.05, 0.1) is 18.3 Å². The van der Waals surface area contributed by atoms with Crippen LogP contribution >= 0.6 is 0 Å². The molecule has 5 nitrogen and oxygen atoms in total. The van der Waals surface area contributed by atoms with Crippen molar-refractivity contribution in [3.63, 3.8) is 0 Å². The van der Waals surface area contributed by atoms with Gasteiger partial charge in [0.25, 0.3) is 5.91 Å². The van der Waals surface area contributed by atoms with Gasteiger partial charge in [-0.15, -0.1) is 0 Å². The molecule has 0 saturated carbocycles. The predicted molar refractivity (Wildman–Crippen MR) is 117 cm³/mol. The fourth-order valence-electron chi connectivity index (χ4n) is 3.58. The smallest absolute Gasteiger partial charge is 0.275 e. The highest BCUT2D eigenvalue weighted by Crippen LogP contribution is 2.23. The lowest BCUT2D eigenvalue weighted by Crippen LogP contribution is -3.09. The highest BCUT2D eigenvalue weighted by Gasteiger charge is 2.18. The first-order valence-corrected chi connectivity index (χ1v) is 10.4. The summed E-state index contributed by atoms with van der Waals surface area (Å²) in [6.07, 6.45) is 4.16. The molecule has 1 aromatic heterocycles. The van der Waals surface area contributed by atoms with E-state index in [1.54, 1.807) is 0 Å². The number of hydrogen-bond acceptors (Lipinski definition) is 2. The van der Waals surface area contributed by atoms with Crippen molar-refractivity contribution in [2.24, 2.45) is 0 Å². The summed E-state index contributed by atoms with van der Waals surface area (Å²) in [5.41, 5.74) is 4.21. The van der Waals surface area contributed by atoms with E-state index < -0.39 is 0 Å². The van der Waals surface area contributed by atoms with Crippen LogP contribution in [0.15, 0.2) is 66.9 Å². The van der Waals surface area contributed by atoms with Gasteiger partial charge in [0, 0.05) is 17.8 Å². The van der Waals surface area contributed by atoms with Gasteiger partial charge in [0.2, 0.25) is 0 Å². The second kappa shape index (κ2) is 10.0. The zero-order valence-corrected chi connectivity index (χ0v) is 17.6. The van der Waals surface area contributed by atoms with Crippen LogP contribution in [0, 0.1) is 0 Å². The number of rotatable bonds is 9. The molecule has 29 heavy (non-hydrogen) atoms. The summed E-state index contributed by atoms with van der Waals surface area (Å²) in [6, 6.07) is 20.6. The number of quaternary nitrogens is 1. The van der Waals surface area contributed by atoms with E-state index in [1.165, 1.54) is 0 Å².